The summed E-state index contributed by atoms with van der Waals surface area (Å²) in [7, 11) is 0. The molecule has 88 valence electrons. The van der Waals surface area contributed by atoms with Gasteiger partial charge in [0.05, 0.1) is 12.6 Å². The molecule has 0 bridgehead atoms. The van der Waals surface area contributed by atoms with Crippen LogP contribution >= 0.6 is 0 Å². The molecule has 0 aliphatic carbocycles. The van der Waals surface area contributed by atoms with E-state index >= 15 is 0 Å². The molecule has 1 fully saturated rings. The lowest BCUT2D eigenvalue weighted by Gasteiger charge is -2.23. The van der Waals surface area contributed by atoms with Crippen LogP contribution < -0.4 is 0 Å². The lowest BCUT2D eigenvalue weighted by molar-refractivity contribution is -0.164. The fourth-order valence-corrected chi connectivity index (χ4v) is 1.39. The smallest absolute Gasteiger partial charge is 0.157 e. The highest BCUT2D eigenvalue weighted by Crippen LogP contribution is 2.14. The minimum atomic E-state index is -0.466. The third-order valence-electron chi connectivity index (χ3n) is 2.18. The molecule has 0 aromatic carbocycles. The third-order valence-corrected chi connectivity index (χ3v) is 2.18. The summed E-state index contributed by atoms with van der Waals surface area (Å²) < 4.78 is 10.8. The lowest BCUT2D eigenvalue weighted by atomic mass is 10.2. The van der Waals surface area contributed by atoms with E-state index in [1.165, 1.54) is 0 Å². The van der Waals surface area contributed by atoms with Crippen LogP contribution in [0.4, 0.5) is 0 Å². The van der Waals surface area contributed by atoms with Gasteiger partial charge in [-0.25, -0.2) is 0 Å². The third kappa shape index (κ3) is 4.86. The molecule has 1 aliphatic heterocycles. The summed E-state index contributed by atoms with van der Waals surface area (Å²) in [6.07, 6.45) is 2.76. The van der Waals surface area contributed by atoms with Gasteiger partial charge in [0.1, 0.15) is 0 Å². The number of nitrogens with zero attached hydrogens (tertiary/aromatic N) is 6. The Kier molecular flexibility index (Phi) is 6.13. The average Bonchev–Trinajstić information content (AvgIpc) is 2.34. The standard InChI is InChI=1S/C8H14N6O2/c9-13-11-5-7(12-14-10)6-16-8-3-1-2-4-15-8/h7-8H,1-6H2. The molecule has 0 spiro atoms. The van der Waals surface area contributed by atoms with Crippen LogP contribution in [0.3, 0.4) is 0 Å². The fourth-order valence-electron chi connectivity index (χ4n) is 1.39. The predicted molar refractivity (Wildman–Crippen MR) is 56.5 cm³/mol. The predicted octanol–water partition coefficient (Wildman–Crippen LogP) is 2.52. The van der Waals surface area contributed by atoms with Gasteiger partial charge in [0.15, 0.2) is 6.29 Å². The Balaban J connectivity index is 2.30. The minimum Gasteiger partial charge on any atom is -0.353 e. The van der Waals surface area contributed by atoms with Crippen molar-refractivity contribution in [2.45, 2.75) is 31.6 Å². The maximum Gasteiger partial charge on any atom is 0.157 e. The van der Waals surface area contributed by atoms with Crippen molar-refractivity contribution in [2.75, 3.05) is 19.8 Å². The molecule has 0 saturated carbocycles. The Morgan fingerprint density at radius 2 is 2.25 bits per heavy atom. The summed E-state index contributed by atoms with van der Waals surface area (Å²) in [5.74, 6) is 0. The first-order valence-corrected chi connectivity index (χ1v) is 5.15. The highest BCUT2D eigenvalue weighted by Gasteiger charge is 2.16. The lowest BCUT2D eigenvalue weighted by Crippen LogP contribution is -2.27. The summed E-state index contributed by atoms with van der Waals surface area (Å²) >= 11 is 0. The molecule has 0 N–H and O–H groups in total. The van der Waals surface area contributed by atoms with E-state index in [9.17, 15) is 0 Å². The van der Waals surface area contributed by atoms with Gasteiger partial charge in [0, 0.05) is 23.0 Å². The van der Waals surface area contributed by atoms with Crippen LogP contribution in [0.2, 0.25) is 0 Å². The molecule has 0 radical (unpaired) electrons. The fraction of sp³-hybridized carbons (Fsp3) is 1.00. The van der Waals surface area contributed by atoms with E-state index in [1.807, 2.05) is 0 Å². The van der Waals surface area contributed by atoms with E-state index in [1.54, 1.807) is 0 Å². The number of hydrogen-bond acceptors (Lipinski definition) is 4. The normalized spacial score (nSPS) is 21.6. The van der Waals surface area contributed by atoms with Crippen molar-refractivity contribution in [1.82, 2.24) is 0 Å². The van der Waals surface area contributed by atoms with Crippen molar-refractivity contribution in [2.24, 2.45) is 10.2 Å². The summed E-state index contributed by atoms with van der Waals surface area (Å²) in [6, 6.07) is -0.466. The van der Waals surface area contributed by atoms with E-state index in [2.05, 4.69) is 20.1 Å². The van der Waals surface area contributed by atoms with E-state index in [-0.39, 0.29) is 19.4 Å². The second-order valence-corrected chi connectivity index (χ2v) is 3.40. The Bertz CT molecular complexity index is 291. The summed E-state index contributed by atoms with van der Waals surface area (Å²) in [4.78, 5) is 5.28. The zero-order valence-corrected chi connectivity index (χ0v) is 8.90. The van der Waals surface area contributed by atoms with E-state index in [0.29, 0.717) is 6.61 Å². The first kappa shape index (κ1) is 12.6. The SMILES string of the molecule is [N-]=[N+]=NCC(COC1CCCCO1)N=[N+]=[N-]. The van der Waals surface area contributed by atoms with E-state index < -0.39 is 6.04 Å². The number of rotatable bonds is 6. The van der Waals surface area contributed by atoms with Gasteiger partial charge >= 0.3 is 0 Å². The highest BCUT2D eigenvalue weighted by molar-refractivity contribution is 4.70. The average molecular weight is 226 g/mol. The largest absolute Gasteiger partial charge is 0.353 e. The Labute approximate surface area is 92.8 Å². The van der Waals surface area contributed by atoms with Crippen molar-refractivity contribution in [1.29, 1.82) is 0 Å². The summed E-state index contributed by atoms with van der Waals surface area (Å²) in [5, 5.41) is 6.83. The molecule has 1 saturated heterocycles. The van der Waals surface area contributed by atoms with Crippen molar-refractivity contribution in [3.63, 3.8) is 0 Å². The van der Waals surface area contributed by atoms with Gasteiger partial charge in [0.25, 0.3) is 0 Å². The van der Waals surface area contributed by atoms with Gasteiger partial charge < -0.3 is 9.47 Å². The summed E-state index contributed by atoms with van der Waals surface area (Å²) in [6.45, 7) is 1.02. The summed E-state index contributed by atoms with van der Waals surface area (Å²) in [5.41, 5.74) is 16.5. The van der Waals surface area contributed by atoms with Crippen molar-refractivity contribution in [3.05, 3.63) is 20.9 Å². The number of hydrogen-bond donors (Lipinski definition) is 0. The van der Waals surface area contributed by atoms with Crippen LogP contribution in [0.15, 0.2) is 10.2 Å². The maximum absolute atomic E-state index is 8.31. The molecule has 1 aliphatic rings. The van der Waals surface area contributed by atoms with E-state index in [4.69, 9.17) is 20.5 Å². The maximum atomic E-state index is 8.31. The molecule has 0 aromatic heterocycles. The van der Waals surface area contributed by atoms with Gasteiger partial charge in [-0.1, -0.05) is 10.2 Å². The van der Waals surface area contributed by atoms with E-state index in [0.717, 1.165) is 19.3 Å². The van der Waals surface area contributed by atoms with Crippen LogP contribution in [0.1, 0.15) is 19.3 Å². The Morgan fingerprint density at radius 3 is 2.88 bits per heavy atom. The van der Waals surface area contributed by atoms with Gasteiger partial charge in [-0.15, -0.1) is 0 Å². The van der Waals surface area contributed by atoms with Crippen LogP contribution in [-0.4, -0.2) is 32.1 Å². The van der Waals surface area contributed by atoms with Crippen molar-refractivity contribution >= 4 is 0 Å². The number of azide groups is 2. The molecule has 16 heavy (non-hydrogen) atoms. The molecule has 2 unspecified atom stereocenters. The first-order chi connectivity index (χ1) is 7.86. The van der Waals surface area contributed by atoms with Gasteiger partial charge in [0.2, 0.25) is 0 Å². The van der Waals surface area contributed by atoms with Crippen LogP contribution in [0.5, 0.6) is 0 Å². The first-order valence-electron chi connectivity index (χ1n) is 5.15. The second kappa shape index (κ2) is 7.78. The Morgan fingerprint density at radius 1 is 1.38 bits per heavy atom. The minimum absolute atomic E-state index is 0.104. The number of ether oxygens (including phenoxy) is 2. The molecular weight excluding hydrogens is 212 g/mol. The van der Waals surface area contributed by atoms with Gasteiger partial charge in [-0.3, -0.25) is 0 Å². The highest BCUT2D eigenvalue weighted by atomic mass is 16.7. The molecule has 8 heteroatoms. The topological polar surface area (TPSA) is 116 Å². The van der Waals surface area contributed by atoms with Crippen LogP contribution in [0, 0.1) is 0 Å². The molecule has 0 aromatic rings. The molecule has 2 atom stereocenters. The Hall–Kier alpha value is -1.46. The zero-order valence-electron chi connectivity index (χ0n) is 8.90. The molecule has 1 rings (SSSR count). The van der Waals surface area contributed by atoms with Crippen LogP contribution in [-0.2, 0) is 9.47 Å². The quantitative estimate of drug-likeness (QED) is 0.393. The van der Waals surface area contributed by atoms with Crippen molar-refractivity contribution < 1.29 is 9.47 Å². The second-order valence-electron chi connectivity index (χ2n) is 3.40. The molecule has 8 nitrogen and oxygen atoms in total. The zero-order chi connectivity index (χ0) is 11.6. The molecule has 1 heterocycles. The molecular formula is C8H14N6O2. The van der Waals surface area contributed by atoms with Crippen LogP contribution in [0.25, 0.3) is 20.9 Å². The van der Waals surface area contributed by atoms with Gasteiger partial charge in [-0.2, -0.15) is 0 Å². The molecule has 0 amide bonds. The van der Waals surface area contributed by atoms with Crippen molar-refractivity contribution in [3.8, 4) is 0 Å². The van der Waals surface area contributed by atoms with Gasteiger partial charge in [-0.05, 0) is 30.3 Å². The monoisotopic (exact) mass is 226 g/mol.